The molecule has 0 saturated heterocycles. The van der Waals surface area contributed by atoms with Crippen molar-refractivity contribution in [3.63, 3.8) is 0 Å². The summed E-state index contributed by atoms with van der Waals surface area (Å²) in [7, 11) is 0. The van der Waals surface area contributed by atoms with Crippen LogP contribution in [-0.2, 0) is 25.5 Å². The van der Waals surface area contributed by atoms with Crippen LogP contribution in [0.3, 0.4) is 0 Å². The van der Waals surface area contributed by atoms with Crippen molar-refractivity contribution in [3.05, 3.63) is 66.2 Å². The summed E-state index contributed by atoms with van der Waals surface area (Å²) in [4.78, 5) is 51.5. The van der Waals surface area contributed by atoms with Crippen molar-refractivity contribution in [3.8, 4) is 11.5 Å². The number of benzene rings is 2. The van der Waals surface area contributed by atoms with Gasteiger partial charge in [-0.05, 0) is 55.9 Å². The molecule has 0 saturated carbocycles. The fourth-order valence-electron chi connectivity index (χ4n) is 4.69. The van der Waals surface area contributed by atoms with Crippen LogP contribution in [0.2, 0.25) is 0 Å². The quantitative estimate of drug-likeness (QED) is 0.0969. The second-order valence-corrected chi connectivity index (χ2v) is 11.8. The number of alkyl carbamates (subject to hydrolysis) is 2. The lowest BCUT2D eigenvalue weighted by molar-refractivity contribution is -0.129. The van der Waals surface area contributed by atoms with E-state index in [1.54, 1.807) is 41.5 Å². The molecule has 2 aromatic carbocycles. The molecule has 0 radical (unpaired) electrons. The zero-order valence-corrected chi connectivity index (χ0v) is 28.4. The van der Waals surface area contributed by atoms with Gasteiger partial charge in [-0.3, -0.25) is 20.0 Å². The van der Waals surface area contributed by atoms with Crippen molar-refractivity contribution in [2.24, 2.45) is 11.8 Å². The Morgan fingerprint density at radius 3 is 1.83 bits per heavy atom. The van der Waals surface area contributed by atoms with E-state index < -0.39 is 54.0 Å². The van der Waals surface area contributed by atoms with Gasteiger partial charge in [0.25, 0.3) is 5.91 Å². The molecule has 7 N–H and O–H groups in total. The van der Waals surface area contributed by atoms with Crippen molar-refractivity contribution in [1.82, 2.24) is 26.4 Å². The van der Waals surface area contributed by atoms with Gasteiger partial charge in [-0.15, -0.1) is 0 Å². The average Bonchev–Trinajstić information content (AvgIpc) is 3.03. The number of ether oxygens (including phenoxy) is 2. The lowest BCUT2D eigenvalue weighted by Gasteiger charge is -2.35. The SMILES string of the molecule is C=C(c1ccc(O)c(O)c1)N(CC(O)C(Cc1ccccc1)NC(=O)[C@@H](NC(=O)OCC)C(C)C)NC(=O)[C@@H](NC(=O)OCC)C(C)C. The number of nitrogens with one attached hydrogen (secondary N) is 4. The van der Waals surface area contributed by atoms with Gasteiger partial charge in [-0.1, -0.05) is 64.6 Å². The summed E-state index contributed by atoms with van der Waals surface area (Å²) in [5, 5.41) is 40.9. The van der Waals surface area contributed by atoms with E-state index in [4.69, 9.17) is 9.47 Å². The predicted octanol–water partition coefficient (Wildman–Crippen LogP) is 3.03. The molecule has 2 aromatic rings. The van der Waals surface area contributed by atoms with Crippen LogP contribution in [0, 0.1) is 11.8 Å². The average molecular weight is 672 g/mol. The van der Waals surface area contributed by atoms with Crippen molar-refractivity contribution in [2.75, 3.05) is 19.8 Å². The van der Waals surface area contributed by atoms with Crippen LogP contribution >= 0.6 is 0 Å². The van der Waals surface area contributed by atoms with Crippen molar-refractivity contribution in [1.29, 1.82) is 0 Å². The molecule has 0 spiro atoms. The largest absolute Gasteiger partial charge is 0.504 e. The van der Waals surface area contributed by atoms with Gasteiger partial charge < -0.3 is 40.7 Å². The van der Waals surface area contributed by atoms with E-state index in [1.165, 1.54) is 23.2 Å². The summed E-state index contributed by atoms with van der Waals surface area (Å²) in [5.41, 5.74) is 3.89. The Morgan fingerprint density at radius 2 is 1.33 bits per heavy atom. The van der Waals surface area contributed by atoms with Gasteiger partial charge in [0.2, 0.25) is 5.91 Å². The first-order valence-corrected chi connectivity index (χ1v) is 15.9. The second kappa shape index (κ2) is 19.0. The van der Waals surface area contributed by atoms with E-state index in [9.17, 15) is 34.5 Å². The molecule has 0 aliphatic carbocycles. The standard InChI is InChI=1S/C34H49N5O9/c1-8-47-33(45)36-29(20(3)4)31(43)35-25(17-23-13-11-10-12-14-23)28(42)19-39(22(7)24-15-16-26(40)27(41)18-24)38-32(44)30(21(5)6)37-34(46)48-9-2/h10-16,18,20-21,25,28-30,40-42H,7-9,17,19H2,1-6H3,(H,35,43)(H,36,45)(H,37,46)(H,38,44)/t25?,28?,29-,30-/m0/s1. The molecule has 0 heterocycles. The van der Waals surface area contributed by atoms with Crippen LogP contribution in [0.25, 0.3) is 5.70 Å². The Labute approximate surface area is 281 Å². The number of nitrogens with zero attached hydrogens (tertiary/aromatic N) is 1. The van der Waals surface area contributed by atoms with E-state index in [-0.39, 0.29) is 49.5 Å². The first-order valence-electron chi connectivity index (χ1n) is 15.9. The number of aliphatic hydroxyl groups excluding tert-OH is 1. The molecule has 0 aromatic heterocycles. The van der Waals surface area contributed by atoms with Gasteiger partial charge in [0.15, 0.2) is 11.5 Å². The number of aromatic hydroxyl groups is 2. The van der Waals surface area contributed by atoms with Crippen LogP contribution < -0.4 is 21.4 Å². The monoisotopic (exact) mass is 671 g/mol. The molecule has 0 aliphatic rings. The first-order chi connectivity index (χ1) is 22.7. The number of aliphatic hydroxyl groups is 1. The van der Waals surface area contributed by atoms with Gasteiger partial charge in [0.05, 0.1) is 37.6 Å². The number of rotatable bonds is 17. The van der Waals surface area contributed by atoms with E-state index >= 15 is 0 Å². The Bertz CT molecular complexity index is 1390. The van der Waals surface area contributed by atoms with E-state index in [2.05, 4.69) is 28.0 Å². The van der Waals surface area contributed by atoms with Crippen molar-refractivity contribution >= 4 is 29.7 Å². The van der Waals surface area contributed by atoms with Crippen molar-refractivity contribution < 1.29 is 44.0 Å². The molecular formula is C34H49N5O9. The molecule has 14 nitrogen and oxygen atoms in total. The van der Waals surface area contributed by atoms with Crippen LogP contribution in [0.5, 0.6) is 11.5 Å². The van der Waals surface area contributed by atoms with Crippen LogP contribution in [-0.4, -0.2) is 88.3 Å². The highest BCUT2D eigenvalue weighted by Gasteiger charge is 2.32. The minimum absolute atomic E-state index is 0.0965. The molecule has 48 heavy (non-hydrogen) atoms. The third-order valence-corrected chi connectivity index (χ3v) is 7.34. The van der Waals surface area contributed by atoms with Crippen LogP contribution in [0.4, 0.5) is 9.59 Å². The Hall–Kier alpha value is -4.98. The molecule has 2 unspecified atom stereocenters. The third-order valence-electron chi connectivity index (χ3n) is 7.34. The zero-order chi connectivity index (χ0) is 36.0. The zero-order valence-electron chi connectivity index (χ0n) is 28.4. The summed E-state index contributed by atoms with van der Waals surface area (Å²) in [6.45, 7) is 14.2. The molecule has 0 fully saturated rings. The maximum atomic E-state index is 13.6. The molecule has 0 bridgehead atoms. The van der Waals surface area contributed by atoms with Crippen molar-refractivity contribution in [2.45, 2.75) is 72.2 Å². The summed E-state index contributed by atoms with van der Waals surface area (Å²) < 4.78 is 9.92. The van der Waals surface area contributed by atoms with E-state index in [1.807, 2.05) is 30.3 Å². The van der Waals surface area contributed by atoms with Crippen LogP contribution in [0.1, 0.15) is 52.7 Å². The fraction of sp³-hybridized carbons (Fsp3) is 0.471. The summed E-state index contributed by atoms with van der Waals surface area (Å²) in [6, 6.07) is 10.1. The Balaban J connectivity index is 2.47. The molecule has 264 valence electrons. The number of hydrogen-bond acceptors (Lipinski definition) is 10. The summed E-state index contributed by atoms with van der Waals surface area (Å²) in [6.07, 6.45) is -2.74. The van der Waals surface area contributed by atoms with Gasteiger partial charge in [-0.2, -0.15) is 0 Å². The number of phenols is 2. The minimum Gasteiger partial charge on any atom is -0.504 e. The predicted molar refractivity (Wildman–Crippen MR) is 179 cm³/mol. The van der Waals surface area contributed by atoms with Gasteiger partial charge in [0, 0.05) is 5.56 Å². The Morgan fingerprint density at radius 1 is 0.792 bits per heavy atom. The fourth-order valence-corrected chi connectivity index (χ4v) is 4.69. The summed E-state index contributed by atoms with van der Waals surface area (Å²) >= 11 is 0. The molecule has 4 amide bonds. The maximum Gasteiger partial charge on any atom is 0.407 e. The highest BCUT2D eigenvalue weighted by atomic mass is 16.6. The van der Waals surface area contributed by atoms with E-state index in [0.717, 1.165) is 5.56 Å². The van der Waals surface area contributed by atoms with Gasteiger partial charge in [0.1, 0.15) is 12.1 Å². The van der Waals surface area contributed by atoms with Gasteiger partial charge in [-0.25, -0.2) is 9.59 Å². The minimum atomic E-state index is -1.36. The maximum absolute atomic E-state index is 13.6. The molecule has 4 atom stereocenters. The smallest absolute Gasteiger partial charge is 0.407 e. The molecule has 0 aliphatic heterocycles. The lowest BCUT2D eigenvalue weighted by atomic mass is 9.98. The van der Waals surface area contributed by atoms with Crippen LogP contribution in [0.15, 0.2) is 55.1 Å². The number of hydrogen-bond donors (Lipinski definition) is 7. The lowest BCUT2D eigenvalue weighted by Crippen LogP contribution is -2.59. The first kappa shape index (κ1) is 39.2. The number of carbonyl (C=O) groups is 4. The molecule has 2 rings (SSSR count). The topological polar surface area (TPSA) is 199 Å². The Kier molecular flexibility index (Phi) is 15.5. The number of amides is 4. The number of phenolic OH excluding ortho intramolecular Hbond substituents is 2. The third kappa shape index (κ3) is 12.0. The van der Waals surface area contributed by atoms with Gasteiger partial charge >= 0.3 is 12.2 Å². The highest BCUT2D eigenvalue weighted by molar-refractivity contribution is 5.87. The second-order valence-electron chi connectivity index (χ2n) is 11.8. The number of hydrazine groups is 1. The van der Waals surface area contributed by atoms with E-state index in [0.29, 0.717) is 5.56 Å². The number of carbonyl (C=O) groups excluding carboxylic acids is 4. The molecular weight excluding hydrogens is 622 g/mol. The normalized spacial score (nSPS) is 13.4. The highest BCUT2D eigenvalue weighted by Crippen LogP contribution is 2.29. The summed E-state index contributed by atoms with van der Waals surface area (Å²) in [5.74, 6) is -2.74. The molecule has 14 heteroatoms.